The third-order valence-corrected chi connectivity index (χ3v) is 12.9. The summed E-state index contributed by atoms with van der Waals surface area (Å²) in [6.45, 7) is 0. The van der Waals surface area contributed by atoms with E-state index in [1.807, 2.05) is 18.2 Å². The van der Waals surface area contributed by atoms with Gasteiger partial charge in [-0.1, -0.05) is 146 Å². The smallest absolute Gasteiger partial charge is 0.235 e. The molecular formula is C56H32N4O. The molecule has 0 saturated heterocycles. The number of benzene rings is 10. The fourth-order valence-electron chi connectivity index (χ4n) is 10.4. The normalized spacial score (nSPS) is 12.3. The molecule has 14 rings (SSSR count). The average Bonchev–Trinajstić information content (AvgIpc) is 3.99. The van der Waals surface area contributed by atoms with Crippen LogP contribution < -0.4 is 0 Å². The average molecular weight is 777 g/mol. The number of furan rings is 1. The quantitative estimate of drug-likeness (QED) is 0.167. The zero-order chi connectivity index (χ0) is 39.8. The topological polar surface area (TPSA) is 48.8 Å². The minimum absolute atomic E-state index is 0.629. The van der Waals surface area contributed by atoms with Gasteiger partial charge in [0, 0.05) is 54.3 Å². The molecule has 0 unspecified atom stereocenters. The molecule has 4 heterocycles. The van der Waals surface area contributed by atoms with Crippen molar-refractivity contribution in [3.8, 4) is 34.0 Å². The van der Waals surface area contributed by atoms with Gasteiger partial charge in [0.25, 0.3) is 0 Å². The van der Waals surface area contributed by atoms with Gasteiger partial charge in [0.15, 0.2) is 0 Å². The van der Waals surface area contributed by atoms with Gasteiger partial charge >= 0.3 is 0 Å². The molecule has 61 heavy (non-hydrogen) atoms. The summed E-state index contributed by atoms with van der Waals surface area (Å²) in [5, 5.41) is 12.8. The predicted molar refractivity (Wildman–Crippen MR) is 253 cm³/mol. The molecule has 5 heteroatoms. The van der Waals surface area contributed by atoms with E-state index in [0.717, 1.165) is 66.2 Å². The van der Waals surface area contributed by atoms with Crippen molar-refractivity contribution in [3.63, 3.8) is 0 Å². The fourth-order valence-corrected chi connectivity index (χ4v) is 10.4. The van der Waals surface area contributed by atoms with Crippen molar-refractivity contribution in [1.29, 1.82) is 0 Å². The first-order valence-corrected chi connectivity index (χ1v) is 20.8. The van der Waals surface area contributed by atoms with E-state index in [0.29, 0.717) is 5.95 Å². The van der Waals surface area contributed by atoms with Gasteiger partial charge in [0.2, 0.25) is 5.95 Å². The van der Waals surface area contributed by atoms with Crippen LogP contribution in [0, 0.1) is 0 Å². The van der Waals surface area contributed by atoms with Gasteiger partial charge in [-0.15, -0.1) is 0 Å². The highest BCUT2D eigenvalue weighted by Crippen LogP contribution is 2.48. The van der Waals surface area contributed by atoms with Crippen LogP contribution in [0.3, 0.4) is 0 Å². The summed E-state index contributed by atoms with van der Waals surface area (Å²) in [6.07, 6.45) is 0. The standard InChI is InChI=1S/C56H32N4O/c1-2-14-33(15-3-1)34-16-10-17-35(32-34)59-46-26-11-21-37-38-30-31-39-36-18-5-8-25-45(36)60(55(39)51(38)42-22-12-27-47(59)53(42)52(37)46)56-57-44-24-7-4-19-40(44)54(58-56)43-23-13-29-49-50(43)41-20-6-9-28-48(41)61-49/h1-32H. The number of rotatable bonds is 4. The van der Waals surface area contributed by atoms with Gasteiger partial charge < -0.3 is 8.98 Å². The molecule has 282 valence electrons. The van der Waals surface area contributed by atoms with Gasteiger partial charge in [-0.05, 0) is 75.8 Å². The van der Waals surface area contributed by atoms with Crippen LogP contribution in [0.15, 0.2) is 199 Å². The van der Waals surface area contributed by atoms with Crippen molar-refractivity contribution < 1.29 is 4.42 Å². The number of hydrogen-bond acceptors (Lipinski definition) is 3. The van der Waals surface area contributed by atoms with E-state index in [1.165, 1.54) is 59.9 Å². The second-order valence-corrected chi connectivity index (χ2v) is 16.1. The highest BCUT2D eigenvalue weighted by Gasteiger charge is 2.25. The van der Waals surface area contributed by atoms with E-state index in [4.69, 9.17) is 14.4 Å². The highest BCUT2D eigenvalue weighted by atomic mass is 16.3. The Morgan fingerprint density at radius 1 is 0.361 bits per heavy atom. The van der Waals surface area contributed by atoms with Crippen molar-refractivity contribution in [2.75, 3.05) is 0 Å². The Morgan fingerprint density at radius 2 is 0.984 bits per heavy atom. The van der Waals surface area contributed by atoms with Crippen LogP contribution in [0.4, 0.5) is 0 Å². The van der Waals surface area contributed by atoms with Crippen LogP contribution in [0.1, 0.15) is 0 Å². The monoisotopic (exact) mass is 776 g/mol. The van der Waals surface area contributed by atoms with E-state index in [1.54, 1.807) is 0 Å². The van der Waals surface area contributed by atoms with Crippen molar-refractivity contribution in [3.05, 3.63) is 194 Å². The zero-order valence-corrected chi connectivity index (χ0v) is 32.7. The molecule has 0 N–H and O–H groups in total. The van der Waals surface area contributed by atoms with Gasteiger partial charge in [0.05, 0.1) is 33.3 Å². The minimum atomic E-state index is 0.629. The van der Waals surface area contributed by atoms with Crippen LogP contribution in [0.5, 0.6) is 0 Å². The largest absolute Gasteiger partial charge is 0.456 e. The first-order chi connectivity index (χ1) is 30.3. The molecule has 0 bridgehead atoms. The lowest BCUT2D eigenvalue weighted by Gasteiger charge is -2.15. The summed E-state index contributed by atoms with van der Waals surface area (Å²) in [7, 11) is 0. The molecular weight excluding hydrogens is 745 g/mol. The second kappa shape index (κ2) is 12.1. The Balaban J connectivity index is 1.11. The number of nitrogens with zero attached hydrogens (tertiary/aromatic N) is 4. The Labute approximate surface area is 348 Å². The molecule has 0 atom stereocenters. The summed E-state index contributed by atoms with van der Waals surface area (Å²) in [6, 6.07) is 69.3. The molecule has 4 aromatic heterocycles. The van der Waals surface area contributed by atoms with Crippen LogP contribution >= 0.6 is 0 Å². The first kappa shape index (κ1) is 32.7. The molecule has 0 aliphatic carbocycles. The third-order valence-electron chi connectivity index (χ3n) is 12.9. The molecule has 0 radical (unpaired) electrons. The molecule has 0 aliphatic heterocycles. The van der Waals surface area contributed by atoms with E-state index in [2.05, 4.69) is 185 Å². The summed E-state index contributed by atoms with van der Waals surface area (Å²) in [5.41, 5.74) is 12.5. The number of para-hydroxylation sites is 3. The number of aromatic nitrogens is 4. The Kier molecular flexibility index (Phi) is 6.49. The number of fused-ring (bicyclic) bond motifs is 11. The van der Waals surface area contributed by atoms with Crippen LogP contribution in [-0.4, -0.2) is 19.1 Å². The van der Waals surface area contributed by atoms with Gasteiger partial charge in [0.1, 0.15) is 11.2 Å². The Morgan fingerprint density at radius 3 is 1.87 bits per heavy atom. The summed E-state index contributed by atoms with van der Waals surface area (Å²) < 4.78 is 11.2. The Hall–Kier alpha value is -8.28. The molecule has 0 fully saturated rings. The maximum atomic E-state index is 6.39. The molecule has 5 nitrogen and oxygen atoms in total. The minimum Gasteiger partial charge on any atom is -0.456 e. The van der Waals surface area contributed by atoms with Crippen LogP contribution in [-0.2, 0) is 0 Å². The summed E-state index contributed by atoms with van der Waals surface area (Å²) in [5.74, 6) is 0.629. The highest BCUT2D eigenvalue weighted by molar-refractivity contribution is 6.39. The maximum Gasteiger partial charge on any atom is 0.235 e. The first-order valence-electron chi connectivity index (χ1n) is 20.8. The van der Waals surface area contributed by atoms with E-state index in [9.17, 15) is 0 Å². The SMILES string of the molecule is c1ccc(-c2cccc(-n3c4cccc5c6ccc7c8ccccc8n(-c8nc(-c9cccc%10oc%11ccccc%11c9%10)c9ccccc9n8)c7c6c6cccc3c6c54)c2)cc1. The molecule has 14 aromatic rings. The van der Waals surface area contributed by atoms with Crippen LogP contribution in [0.2, 0.25) is 0 Å². The zero-order valence-electron chi connectivity index (χ0n) is 32.7. The third kappa shape index (κ3) is 4.44. The van der Waals surface area contributed by atoms with E-state index >= 15 is 0 Å². The lowest BCUT2D eigenvalue weighted by molar-refractivity contribution is 0.669. The molecule has 0 spiro atoms. The molecule has 0 amide bonds. The lowest BCUT2D eigenvalue weighted by atomic mass is 9.93. The fraction of sp³-hybridized carbons (Fsp3) is 0. The van der Waals surface area contributed by atoms with Gasteiger partial charge in [-0.3, -0.25) is 4.57 Å². The van der Waals surface area contributed by atoms with E-state index in [-0.39, 0.29) is 0 Å². The lowest BCUT2D eigenvalue weighted by Crippen LogP contribution is -2.04. The van der Waals surface area contributed by atoms with Gasteiger partial charge in [-0.2, -0.15) is 0 Å². The van der Waals surface area contributed by atoms with Crippen molar-refractivity contribution in [1.82, 2.24) is 19.1 Å². The van der Waals surface area contributed by atoms with Crippen LogP contribution in [0.25, 0.3) is 132 Å². The second-order valence-electron chi connectivity index (χ2n) is 16.1. The number of hydrogen-bond donors (Lipinski definition) is 0. The summed E-state index contributed by atoms with van der Waals surface area (Å²) >= 11 is 0. The maximum absolute atomic E-state index is 6.39. The van der Waals surface area contributed by atoms with Crippen molar-refractivity contribution in [2.45, 2.75) is 0 Å². The summed E-state index contributed by atoms with van der Waals surface area (Å²) in [4.78, 5) is 11.0. The van der Waals surface area contributed by atoms with Gasteiger partial charge in [-0.25, -0.2) is 9.97 Å². The van der Waals surface area contributed by atoms with Crippen molar-refractivity contribution in [2.24, 2.45) is 0 Å². The van der Waals surface area contributed by atoms with E-state index < -0.39 is 0 Å². The Bertz CT molecular complexity index is 4120. The molecule has 0 saturated carbocycles. The van der Waals surface area contributed by atoms with Crippen molar-refractivity contribution >= 4 is 98.0 Å². The molecule has 0 aliphatic rings. The predicted octanol–water partition coefficient (Wildman–Crippen LogP) is 14.8. The molecule has 10 aromatic carbocycles.